The lowest BCUT2D eigenvalue weighted by Gasteiger charge is -2.29. The SMILES string of the molecule is CCN(CC)C(=O)[C@@H]1CCCN1c1nc2c(c(Nc3cc(-c4ccncc4)[nH]n3)n1)CCC2. The molecule has 9 nitrogen and oxygen atoms in total. The Morgan fingerprint density at radius 2 is 2.00 bits per heavy atom. The Morgan fingerprint density at radius 3 is 2.79 bits per heavy atom. The molecule has 1 aliphatic heterocycles. The minimum absolute atomic E-state index is 0.172. The first-order chi connectivity index (χ1) is 16.2. The molecule has 0 unspecified atom stereocenters. The van der Waals surface area contributed by atoms with Crippen LogP contribution in [-0.2, 0) is 17.6 Å². The van der Waals surface area contributed by atoms with E-state index in [0.717, 1.165) is 80.1 Å². The van der Waals surface area contributed by atoms with Gasteiger partial charge in [-0.05, 0) is 58.1 Å². The van der Waals surface area contributed by atoms with Crippen molar-refractivity contribution in [2.24, 2.45) is 0 Å². The molecule has 0 saturated carbocycles. The maximum atomic E-state index is 13.1. The molecule has 3 aromatic heterocycles. The van der Waals surface area contributed by atoms with Gasteiger partial charge in [0.05, 0.1) is 11.4 Å². The van der Waals surface area contributed by atoms with Gasteiger partial charge >= 0.3 is 0 Å². The molecule has 1 aliphatic carbocycles. The van der Waals surface area contributed by atoms with E-state index in [4.69, 9.17) is 9.97 Å². The van der Waals surface area contributed by atoms with Crippen LogP contribution in [0.3, 0.4) is 0 Å². The smallest absolute Gasteiger partial charge is 0.245 e. The summed E-state index contributed by atoms with van der Waals surface area (Å²) in [5.74, 6) is 2.32. The van der Waals surface area contributed by atoms with Gasteiger partial charge in [-0.2, -0.15) is 10.1 Å². The van der Waals surface area contributed by atoms with Crippen LogP contribution in [0.15, 0.2) is 30.6 Å². The molecule has 0 aromatic carbocycles. The summed E-state index contributed by atoms with van der Waals surface area (Å²) in [4.78, 5) is 31.0. The highest BCUT2D eigenvalue weighted by molar-refractivity contribution is 5.85. The second-order valence-electron chi connectivity index (χ2n) is 8.54. The number of nitrogens with one attached hydrogen (secondary N) is 2. The van der Waals surface area contributed by atoms with E-state index < -0.39 is 0 Å². The number of aryl methyl sites for hydroxylation is 1. The van der Waals surface area contributed by atoms with Gasteiger partial charge in [-0.25, -0.2) is 4.98 Å². The molecule has 0 radical (unpaired) electrons. The van der Waals surface area contributed by atoms with Crippen molar-refractivity contribution in [3.8, 4) is 11.3 Å². The third-order valence-electron chi connectivity index (χ3n) is 6.61. The third kappa shape index (κ3) is 4.15. The Bertz CT molecular complexity index is 1120. The first kappa shape index (κ1) is 21.4. The van der Waals surface area contributed by atoms with Gasteiger partial charge in [0.25, 0.3) is 0 Å². The van der Waals surface area contributed by atoms with Crippen LogP contribution in [0.25, 0.3) is 11.3 Å². The van der Waals surface area contributed by atoms with E-state index >= 15 is 0 Å². The predicted molar refractivity (Wildman–Crippen MR) is 127 cm³/mol. The molecule has 1 amide bonds. The number of rotatable bonds is 7. The summed E-state index contributed by atoms with van der Waals surface area (Å²) in [7, 11) is 0. The molecule has 0 bridgehead atoms. The lowest BCUT2D eigenvalue weighted by molar-refractivity contribution is -0.132. The molecule has 3 aromatic rings. The number of aromatic nitrogens is 5. The summed E-state index contributed by atoms with van der Waals surface area (Å²) in [5.41, 5.74) is 4.16. The minimum atomic E-state index is -0.194. The summed E-state index contributed by atoms with van der Waals surface area (Å²) < 4.78 is 0. The Labute approximate surface area is 193 Å². The van der Waals surface area contributed by atoms with Gasteiger partial charge < -0.3 is 15.1 Å². The Morgan fingerprint density at radius 1 is 1.18 bits per heavy atom. The molecule has 1 fully saturated rings. The van der Waals surface area contributed by atoms with Crippen LogP contribution in [0, 0.1) is 0 Å². The zero-order valence-electron chi connectivity index (χ0n) is 19.2. The van der Waals surface area contributed by atoms with Crippen molar-refractivity contribution in [1.82, 2.24) is 30.0 Å². The lowest BCUT2D eigenvalue weighted by Crippen LogP contribution is -2.46. The van der Waals surface area contributed by atoms with Gasteiger partial charge in [0.15, 0.2) is 5.82 Å². The lowest BCUT2D eigenvalue weighted by atomic mass is 10.2. The van der Waals surface area contributed by atoms with Gasteiger partial charge in [-0.1, -0.05) is 0 Å². The summed E-state index contributed by atoms with van der Waals surface area (Å²) in [6.45, 7) is 6.29. The molecule has 4 heterocycles. The van der Waals surface area contributed by atoms with Crippen LogP contribution in [0.4, 0.5) is 17.6 Å². The molecule has 2 N–H and O–H groups in total. The van der Waals surface area contributed by atoms with Gasteiger partial charge in [-0.15, -0.1) is 0 Å². The first-order valence-electron chi connectivity index (χ1n) is 11.9. The number of carbonyl (C=O) groups excluding carboxylic acids is 1. The van der Waals surface area contributed by atoms with Crippen molar-refractivity contribution in [3.05, 3.63) is 41.9 Å². The van der Waals surface area contributed by atoms with Crippen LogP contribution in [0.2, 0.25) is 0 Å². The number of carbonyl (C=O) groups is 1. The van der Waals surface area contributed by atoms with Crippen LogP contribution in [-0.4, -0.2) is 61.6 Å². The number of fused-ring (bicyclic) bond motifs is 1. The highest BCUT2D eigenvalue weighted by Gasteiger charge is 2.35. The van der Waals surface area contributed by atoms with E-state index in [1.54, 1.807) is 12.4 Å². The first-order valence-corrected chi connectivity index (χ1v) is 11.9. The monoisotopic (exact) mass is 446 g/mol. The van der Waals surface area contributed by atoms with Crippen molar-refractivity contribution in [2.45, 2.75) is 52.0 Å². The van der Waals surface area contributed by atoms with Crippen molar-refractivity contribution >= 4 is 23.5 Å². The Kier molecular flexibility index (Phi) is 5.93. The minimum Gasteiger partial charge on any atom is -0.341 e. The van der Waals surface area contributed by atoms with E-state index in [9.17, 15) is 4.79 Å². The number of anilines is 3. The molecule has 1 atom stereocenters. The fourth-order valence-electron chi connectivity index (χ4n) is 4.85. The fourth-order valence-corrected chi connectivity index (χ4v) is 4.85. The predicted octanol–water partition coefficient (Wildman–Crippen LogP) is 3.33. The second kappa shape index (κ2) is 9.17. The quantitative estimate of drug-likeness (QED) is 0.574. The van der Waals surface area contributed by atoms with Gasteiger partial charge in [-0.3, -0.25) is 14.9 Å². The number of likely N-dealkylation sites (N-methyl/N-ethyl adjacent to an activating group) is 1. The van der Waals surface area contributed by atoms with Gasteiger partial charge in [0.2, 0.25) is 11.9 Å². The Hall–Kier alpha value is -3.49. The number of aromatic amines is 1. The number of nitrogens with zero attached hydrogens (tertiary/aromatic N) is 6. The van der Waals surface area contributed by atoms with Crippen LogP contribution >= 0.6 is 0 Å². The average Bonchev–Trinajstić information content (AvgIpc) is 3.60. The van der Waals surface area contributed by atoms with E-state index in [1.807, 2.05) is 36.9 Å². The topological polar surface area (TPSA) is 103 Å². The molecule has 1 saturated heterocycles. The standard InChI is InChI=1S/C24H30N8O/c1-3-31(4-2)23(33)20-9-6-14-32(20)24-26-18-8-5-7-17(18)22(28-24)27-21-15-19(29-30-21)16-10-12-25-13-11-16/h10-13,15,20H,3-9,14H2,1-2H3,(H2,26,27,28,29,30)/t20-/m0/s1. The molecule has 33 heavy (non-hydrogen) atoms. The van der Waals surface area contributed by atoms with Crippen LogP contribution < -0.4 is 10.2 Å². The van der Waals surface area contributed by atoms with Gasteiger partial charge in [0.1, 0.15) is 11.9 Å². The molecule has 5 rings (SSSR count). The van der Waals surface area contributed by atoms with E-state index in [0.29, 0.717) is 11.8 Å². The number of amides is 1. The molecule has 9 heteroatoms. The van der Waals surface area contributed by atoms with E-state index in [-0.39, 0.29) is 11.9 Å². The zero-order valence-corrected chi connectivity index (χ0v) is 19.2. The summed E-state index contributed by atoms with van der Waals surface area (Å²) in [6.07, 6.45) is 8.28. The number of hydrogen-bond acceptors (Lipinski definition) is 7. The number of hydrogen-bond donors (Lipinski definition) is 2. The number of pyridine rings is 1. The maximum absolute atomic E-state index is 13.1. The van der Waals surface area contributed by atoms with Crippen molar-refractivity contribution in [1.29, 1.82) is 0 Å². The van der Waals surface area contributed by atoms with Gasteiger partial charge in [0, 0.05) is 49.2 Å². The number of H-pyrrole nitrogens is 1. The molecule has 0 spiro atoms. The molecular weight excluding hydrogens is 416 g/mol. The molecule has 2 aliphatic rings. The molecule has 172 valence electrons. The largest absolute Gasteiger partial charge is 0.341 e. The summed E-state index contributed by atoms with van der Waals surface area (Å²) in [5, 5.41) is 10.9. The zero-order chi connectivity index (χ0) is 22.8. The van der Waals surface area contributed by atoms with Crippen molar-refractivity contribution in [2.75, 3.05) is 29.9 Å². The fraction of sp³-hybridized carbons (Fsp3) is 0.458. The normalized spacial score (nSPS) is 17.3. The summed E-state index contributed by atoms with van der Waals surface area (Å²) in [6, 6.07) is 5.66. The third-order valence-corrected chi connectivity index (χ3v) is 6.61. The molecular formula is C24H30N8O. The highest BCUT2D eigenvalue weighted by Crippen LogP contribution is 2.33. The summed E-state index contributed by atoms with van der Waals surface area (Å²) >= 11 is 0. The van der Waals surface area contributed by atoms with Crippen molar-refractivity contribution < 1.29 is 4.79 Å². The maximum Gasteiger partial charge on any atom is 0.245 e. The van der Waals surface area contributed by atoms with Crippen LogP contribution in [0.1, 0.15) is 44.4 Å². The van der Waals surface area contributed by atoms with Crippen LogP contribution in [0.5, 0.6) is 0 Å². The van der Waals surface area contributed by atoms with Crippen molar-refractivity contribution in [3.63, 3.8) is 0 Å². The van der Waals surface area contributed by atoms with E-state index in [1.165, 1.54) is 0 Å². The second-order valence-corrected chi connectivity index (χ2v) is 8.54. The van der Waals surface area contributed by atoms with E-state index in [2.05, 4.69) is 25.4 Å². The average molecular weight is 447 g/mol. The highest BCUT2D eigenvalue weighted by atomic mass is 16.2. The Balaban J connectivity index is 1.43.